The molecule has 0 aliphatic carbocycles. The second-order valence-electron chi connectivity index (χ2n) is 6.29. The van der Waals surface area contributed by atoms with Crippen molar-refractivity contribution >= 4 is 11.8 Å². The van der Waals surface area contributed by atoms with Gasteiger partial charge in [-0.1, -0.05) is 42.5 Å². The molecule has 0 atom stereocenters. The zero-order valence-electron chi connectivity index (χ0n) is 15.2. The molecule has 0 saturated carbocycles. The molecule has 138 valence electrons. The Bertz CT molecular complexity index is 1150. The quantitative estimate of drug-likeness (QED) is 0.374. The summed E-state index contributed by atoms with van der Waals surface area (Å²) in [5, 5.41) is 0. The van der Waals surface area contributed by atoms with Crippen molar-refractivity contribution in [3.8, 4) is 33.6 Å². The Labute approximate surface area is 166 Å². The van der Waals surface area contributed by atoms with E-state index < -0.39 is 5.63 Å². The summed E-state index contributed by atoms with van der Waals surface area (Å²) >= 11 is 1.65. The Morgan fingerprint density at radius 1 is 0.786 bits per heavy atom. The molecule has 2 nitrogen and oxygen atoms in total. The van der Waals surface area contributed by atoms with E-state index >= 15 is 0 Å². The van der Waals surface area contributed by atoms with Crippen LogP contribution in [0.15, 0.2) is 99.0 Å². The third-order valence-electron chi connectivity index (χ3n) is 4.54. The second kappa shape index (κ2) is 7.87. The summed E-state index contributed by atoms with van der Waals surface area (Å²) in [5.41, 5.74) is 3.26. The van der Waals surface area contributed by atoms with Crippen LogP contribution in [-0.4, -0.2) is 6.26 Å². The van der Waals surface area contributed by atoms with Crippen molar-refractivity contribution in [2.75, 3.05) is 6.26 Å². The van der Waals surface area contributed by atoms with Gasteiger partial charge in [0.25, 0.3) is 0 Å². The first-order valence-corrected chi connectivity index (χ1v) is 10.0. The van der Waals surface area contributed by atoms with Crippen LogP contribution >= 0.6 is 11.8 Å². The Balaban J connectivity index is 1.94. The number of thioether (sulfide) groups is 1. The van der Waals surface area contributed by atoms with Gasteiger partial charge in [0, 0.05) is 16.0 Å². The van der Waals surface area contributed by atoms with Crippen LogP contribution in [0.5, 0.6) is 0 Å². The minimum absolute atomic E-state index is 0.333. The molecule has 28 heavy (non-hydrogen) atoms. The van der Waals surface area contributed by atoms with E-state index in [1.165, 1.54) is 12.1 Å². The first kappa shape index (κ1) is 18.3. The van der Waals surface area contributed by atoms with Gasteiger partial charge in [-0.25, -0.2) is 9.18 Å². The van der Waals surface area contributed by atoms with Crippen LogP contribution in [0.3, 0.4) is 0 Å². The lowest BCUT2D eigenvalue weighted by Crippen LogP contribution is -2.06. The van der Waals surface area contributed by atoms with Gasteiger partial charge in [-0.3, -0.25) is 0 Å². The van der Waals surface area contributed by atoms with Crippen molar-refractivity contribution in [3.05, 3.63) is 101 Å². The molecule has 4 aromatic rings. The highest BCUT2D eigenvalue weighted by molar-refractivity contribution is 7.98. The van der Waals surface area contributed by atoms with Crippen molar-refractivity contribution in [1.82, 2.24) is 0 Å². The summed E-state index contributed by atoms with van der Waals surface area (Å²) in [5.74, 6) is 0.0771. The highest BCUT2D eigenvalue weighted by Gasteiger charge is 2.16. The predicted octanol–water partition coefficient (Wildman–Crippen LogP) is 6.50. The van der Waals surface area contributed by atoms with E-state index in [9.17, 15) is 9.18 Å². The van der Waals surface area contributed by atoms with Crippen LogP contribution in [-0.2, 0) is 0 Å². The van der Waals surface area contributed by atoms with Gasteiger partial charge < -0.3 is 4.42 Å². The van der Waals surface area contributed by atoms with Crippen LogP contribution < -0.4 is 5.63 Å². The van der Waals surface area contributed by atoms with Gasteiger partial charge in [-0.2, -0.15) is 0 Å². The number of halogens is 1. The summed E-state index contributed by atoms with van der Waals surface area (Å²) in [6, 6.07) is 25.3. The highest BCUT2D eigenvalue weighted by atomic mass is 32.2. The van der Waals surface area contributed by atoms with Crippen LogP contribution in [0, 0.1) is 5.82 Å². The maximum Gasteiger partial charge on any atom is 0.344 e. The molecule has 0 bridgehead atoms. The van der Waals surface area contributed by atoms with E-state index in [0.717, 1.165) is 21.6 Å². The average Bonchev–Trinajstić information content (AvgIpc) is 2.74. The lowest BCUT2D eigenvalue weighted by atomic mass is 9.95. The molecule has 0 fully saturated rings. The van der Waals surface area contributed by atoms with Gasteiger partial charge in [0.05, 0.1) is 5.56 Å². The van der Waals surface area contributed by atoms with Crippen molar-refractivity contribution in [1.29, 1.82) is 0 Å². The molecule has 1 aromatic heterocycles. The molecule has 0 N–H and O–H groups in total. The molecule has 3 aromatic carbocycles. The van der Waals surface area contributed by atoms with Crippen LogP contribution in [0.25, 0.3) is 33.6 Å². The minimum Gasteiger partial charge on any atom is -0.422 e. The van der Waals surface area contributed by atoms with Gasteiger partial charge in [-0.05, 0) is 59.8 Å². The van der Waals surface area contributed by atoms with Crippen molar-refractivity contribution < 1.29 is 8.81 Å². The molecule has 1 heterocycles. The van der Waals surface area contributed by atoms with E-state index in [0.29, 0.717) is 16.9 Å². The minimum atomic E-state index is -0.419. The largest absolute Gasteiger partial charge is 0.422 e. The lowest BCUT2D eigenvalue weighted by molar-refractivity contribution is 0.528. The van der Waals surface area contributed by atoms with Gasteiger partial charge in [-0.15, -0.1) is 11.8 Å². The highest BCUT2D eigenvalue weighted by Crippen LogP contribution is 2.33. The first-order chi connectivity index (χ1) is 13.7. The first-order valence-electron chi connectivity index (χ1n) is 8.79. The maximum absolute atomic E-state index is 13.3. The second-order valence-corrected chi connectivity index (χ2v) is 7.17. The van der Waals surface area contributed by atoms with E-state index in [4.69, 9.17) is 4.42 Å². The lowest BCUT2D eigenvalue weighted by Gasteiger charge is -2.11. The van der Waals surface area contributed by atoms with E-state index in [1.54, 1.807) is 23.9 Å². The summed E-state index contributed by atoms with van der Waals surface area (Å²) in [6.07, 6.45) is 2.01. The number of rotatable bonds is 4. The molecule has 0 saturated heterocycles. The molecule has 0 spiro atoms. The maximum atomic E-state index is 13.3. The molecule has 0 aliphatic rings. The van der Waals surface area contributed by atoms with Gasteiger partial charge in [0.1, 0.15) is 11.6 Å². The van der Waals surface area contributed by atoms with Crippen molar-refractivity contribution in [2.45, 2.75) is 4.90 Å². The van der Waals surface area contributed by atoms with E-state index in [-0.39, 0.29) is 5.82 Å². The molecule has 0 unspecified atom stereocenters. The Morgan fingerprint density at radius 2 is 1.43 bits per heavy atom. The fourth-order valence-corrected chi connectivity index (χ4v) is 3.53. The topological polar surface area (TPSA) is 30.2 Å². The van der Waals surface area contributed by atoms with Gasteiger partial charge in [0.2, 0.25) is 0 Å². The van der Waals surface area contributed by atoms with Crippen LogP contribution in [0.1, 0.15) is 0 Å². The summed E-state index contributed by atoms with van der Waals surface area (Å²) in [7, 11) is 0. The number of benzene rings is 3. The number of hydrogen-bond donors (Lipinski definition) is 0. The fourth-order valence-electron chi connectivity index (χ4n) is 3.13. The normalized spacial score (nSPS) is 10.8. The standard InChI is InChI=1S/C24H17FO2S/c1-28-20-13-9-18(10-14-20)23-21(16-5-3-2-4-6-16)15-22(27-24(23)26)17-7-11-19(25)12-8-17/h2-15H,1H3. The van der Waals surface area contributed by atoms with Crippen molar-refractivity contribution in [2.24, 2.45) is 0 Å². The van der Waals surface area contributed by atoms with Crippen LogP contribution in [0.2, 0.25) is 0 Å². The van der Waals surface area contributed by atoms with E-state index in [1.807, 2.05) is 66.9 Å². The monoisotopic (exact) mass is 388 g/mol. The fraction of sp³-hybridized carbons (Fsp3) is 0.0417. The molecule has 0 radical (unpaired) electrons. The summed E-state index contributed by atoms with van der Waals surface area (Å²) < 4.78 is 18.9. The zero-order chi connectivity index (χ0) is 19.5. The Morgan fingerprint density at radius 3 is 2.07 bits per heavy atom. The molecule has 4 heteroatoms. The third kappa shape index (κ3) is 3.64. The number of hydrogen-bond acceptors (Lipinski definition) is 3. The zero-order valence-corrected chi connectivity index (χ0v) is 16.0. The summed E-state index contributed by atoms with van der Waals surface area (Å²) in [4.78, 5) is 14.1. The molecular weight excluding hydrogens is 371 g/mol. The van der Waals surface area contributed by atoms with Gasteiger partial charge in [0.15, 0.2) is 0 Å². The molecule has 0 amide bonds. The molecular formula is C24H17FO2S. The smallest absolute Gasteiger partial charge is 0.344 e. The SMILES string of the molecule is CSc1ccc(-c2c(-c3ccccc3)cc(-c3ccc(F)cc3)oc2=O)cc1. The summed E-state index contributed by atoms with van der Waals surface area (Å²) in [6.45, 7) is 0. The predicted molar refractivity (Wildman–Crippen MR) is 113 cm³/mol. The Hall–Kier alpha value is -3.11. The van der Waals surface area contributed by atoms with Crippen molar-refractivity contribution in [3.63, 3.8) is 0 Å². The van der Waals surface area contributed by atoms with Gasteiger partial charge >= 0.3 is 5.63 Å². The van der Waals surface area contributed by atoms with E-state index in [2.05, 4.69) is 0 Å². The van der Waals surface area contributed by atoms with Crippen LogP contribution in [0.4, 0.5) is 4.39 Å². The average molecular weight is 388 g/mol. The Kier molecular flexibility index (Phi) is 5.13. The molecule has 0 aliphatic heterocycles. The molecule has 4 rings (SSSR count). The third-order valence-corrected chi connectivity index (χ3v) is 5.29.